The van der Waals surface area contributed by atoms with E-state index >= 15 is 0 Å². The van der Waals surface area contributed by atoms with E-state index in [-0.39, 0.29) is 18.6 Å². The topological polar surface area (TPSA) is 76.7 Å². The van der Waals surface area contributed by atoms with E-state index in [1.807, 2.05) is 58.9 Å². The number of hydrogen-bond donors (Lipinski definition) is 2. The number of alkyl carbamates (subject to hydrolysis) is 1. The van der Waals surface area contributed by atoms with Crippen molar-refractivity contribution in [1.29, 1.82) is 0 Å². The zero-order chi connectivity index (χ0) is 19.3. The molecule has 0 bridgehead atoms. The third kappa shape index (κ3) is 6.38. The lowest BCUT2D eigenvalue weighted by molar-refractivity contribution is -0.120. The second-order valence-electron chi connectivity index (χ2n) is 7.28. The molecule has 1 aromatic rings. The van der Waals surface area contributed by atoms with Crippen molar-refractivity contribution in [1.82, 2.24) is 10.6 Å². The predicted octanol–water partition coefficient (Wildman–Crippen LogP) is 3.05. The molecular weight excluding hydrogens is 320 g/mol. The molecular formula is C19H30N2O4. The van der Waals surface area contributed by atoms with Crippen LogP contribution in [0.2, 0.25) is 0 Å². The molecule has 140 valence electrons. The Kier molecular flexibility index (Phi) is 6.99. The van der Waals surface area contributed by atoms with Crippen molar-refractivity contribution in [2.75, 3.05) is 13.7 Å². The van der Waals surface area contributed by atoms with E-state index in [4.69, 9.17) is 9.47 Å². The number of nitrogens with one attached hydrogen (secondary N) is 2. The molecule has 2 N–H and O–H groups in total. The first-order valence-electron chi connectivity index (χ1n) is 8.35. The summed E-state index contributed by atoms with van der Waals surface area (Å²) in [4.78, 5) is 23.5. The van der Waals surface area contributed by atoms with Gasteiger partial charge in [0.15, 0.2) is 0 Å². The van der Waals surface area contributed by atoms with E-state index < -0.39 is 17.2 Å². The van der Waals surface area contributed by atoms with Gasteiger partial charge in [0, 0.05) is 14.0 Å². The molecule has 0 aromatic heterocycles. The highest BCUT2D eigenvalue weighted by atomic mass is 16.6. The summed E-state index contributed by atoms with van der Waals surface area (Å²) < 4.78 is 10.2. The van der Waals surface area contributed by atoms with Crippen molar-refractivity contribution in [3.05, 3.63) is 35.4 Å². The van der Waals surface area contributed by atoms with Gasteiger partial charge in [-0.2, -0.15) is 0 Å². The largest absolute Gasteiger partial charge is 0.447 e. The lowest BCUT2D eigenvalue weighted by Gasteiger charge is -2.30. The van der Waals surface area contributed by atoms with Gasteiger partial charge in [0.05, 0.1) is 17.2 Å². The highest BCUT2D eigenvalue weighted by Gasteiger charge is 2.27. The molecule has 0 fully saturated rings. The Morgan fingerprint density at radius 2 is 1.60 bits per heavy atom. The SMILES string of the molecule is COC(C)COC(=O)NC(C)(C)c1cccc(C(C)(C)NC(C)=O)c1. The number of benzene rings is 1. The third-order valence-electron chi connectivity index (χ3n) is 4.06. The van der Waals surface area contributed by atoms with Crippen LogP contribution in [0.4, 0.5) is 4.79 Å². The molecule has 0 saturated heterocycles. The van der Waals surface area contributed by atoms with Crippen LogP contribution in [-0.2, 0) is 25.3 Å². The van der Waals surface area contributed by atoms with Crippen molar-refractivity contribution < 1.29 is 19.1 Å². The highest BCUT2D eigenvalue weighted by molar-refractivity contribution is 5.74. The van der Waals surface area contributed by atoms with Gasteiger partial charge in [0.2, 0.25) is 5.91 Å². The zero-order valence-corrected chi connectivity index (χ0v) is 16.2. The maximum atomic E-state index is 12.0. The molecule has 0 spiro atoms. The van der Waals surface area contributed by atoms with Crippen LogP contribution >= 0.6 is 0 Å². The molecule has 0 aliphatic carbocycles. The first-order valence-corrected chi connectivity index (χ1v) is 8.35. The minimum atomic E-state index is -0.629. The predicted molar refractivity (Wildman–Crippen MR) is 97.3 cm³/mol. The summed E-state index contributed by atoms with van der Waals surface area (Å²) in [5.41, 5.74) is 0.735. The maximum Gasteiger partial charge on any atom is 0.407 e. The van der Waals surface area contributed by atoms with E-state index in [0.29, 0.717) is 0 Å². The Hall–Kier alpha value is -2.08. The molecule has 6 nitrogen and oxygen atoms in total. The van der Waals surface area contributed by atoms with Crippen LogP contribution in [0.5, 0.6) is 0 Å². The molecule has 0 aliphatic heterocycles. The van der Waals surface area contributed by atoms with Crippen LogP contribution in [0.3, 0.4) is 0 Å². The molecule has 1 aromatic carbocycles. The molecule has 2 amide bonds. The highest BCUT2D eigenvalue weighted by Crippen LogP contribution is 2.26. The molecule has 0 saturated carbocycles. The van der Waals surface area contributed by atoms with E-state index in [2.05, 4.69) is 10.6 Å². The second kappa shape index (κ2) is 8.34. The van der Waals surface area contributed by atoms with Crippen LogP contribution in [0.1, 0.15) is 52.7 Å². The van der Waals surface area contributed by atoms with Crippen molar-refractivity contribution in [2.24, 2.45) is 0 Å². The number of methoxy groups -OCH3 is 1. The molecule has 6 heteroatoms. The Bertz CT molecular complexity index is 611. The van der Waals surface area contributed by atoms with Crippen LogP contribution in [-0.4, -0.2) is 31.8 Å². The number of amides is 2. The summed E-state index contributed by atoms with van der Waals surface area (Å²) in [7, 11) is 1.57. The summed E-state index contributed by atoms with van der Waals surface area (Å²) in [6, 6.07) is 7.78. The van der Waals surface area contributed by atoms with Gasteiger partial charge in [-0.15, -0.1) is 0 Å². The van der Waals surface area contributed by atoms with E-state index in [9.17, 15) is 9.59 Å². The van der Waals surface area contributed by atoms with Crippen molar-refractivity contribution in [2.45, 2.75) is 58.7 Å². The molecule has 1 atom stereocenters. The Balaban J connectivity index is 2.90. The fraction of sp³-hybridized carbons (Fsp3) is 0.579. The first kappa shape index (κ1) is 21.0. The molecule has 0 heterocycles. The first-order chi connectivity index (χ1) is 11.5. The van der Waals surface area contributed by atoms with E-state index in [0.717, 1.165) is 11.1 Å². The normalized spacial score (nSPS) is 13.1. The van der Waals surface area contributed by atoms with Crippen LogP contribution < -0.4 is 10.6 Å². The molecule has 1 unspecified atom stereocenters. The van der Waals surface area contributed by atoms with Gasteiger partial charge in [0.25, 0.3) is 0 Å². The summed E-state index contributed by atoms with van der Waals surface area (Å²) in [5.74, 6) is -0.0939. The summed E-state index contributed by atoms with van der Waals surface area (Å²) in [6.07, 6.45) is -0.656. The van der Waals surface area contributed by atoms with Gasteiger partial charge >= 0.3 is 6.09 Å². The van der Waals surface area contributed by atoms with Crippen molar-refractivity contribution in [3.8, 4) is 0 Å². The van der Waals surface area contributed by atoms with Crippen LogP contribution in [0, 0.1) is 0 Å². The molecule has 0 radical (unpaired) electrons. The zero-order valence-electron chi connectivity index (χ0n) is 16.2. The summed E-state index contributed by atoms with van der Waals surface area (Å²) in [5, 5.41) is 5.80. The van der Waals surface area contributed by atoms with E-state index in [1.165, 1.54) is 6.92 Å². The van der Waals surface area contributed by atoms with Gasteiger partial charge in [0.1, 0.15) is 6.61 Å². The number of carbonyl (C=O) groups is 2. The fourth-order valence-corrected chi connectivity index (χ4v) is 2.43. The minimum absolute atomic E-state index is 0.0939. The Morgan fingerprint density at radius 3 is 2.08 bits per heavy atom. The standard InChI is InChI=1S/C19H30N2O4/c1-13(24-7)12-25-17(23)21-19(5,6)16-10-8-9-15(11-16)18(3,4)20-14(2)22/h8-11,13H,12H2,1-7H3,(H,20,22)(H,21,23). The maximum absolute atomic E-state index is 12.0. The number of ether oxygens (including phenoxy) is 2. The smallest absolute Gasteiger partial charge is 0.407 e. The van der Waals surface area contributed by atoms with Gasteiger partial charge in [-0.25, -0.2) is 4.79 Å². The van der Waals surface area contributed by atoms with Crippen LogP contribution in [0.15, 0.2) is 24.3 Å². The van der Waals surface area contributed by atoms with Crippen molar-refractivity contribution in [3.63, 3.8) is 0 Å². The number of carbonyl (C=O) groups excluding carboxylic acids is 2. The molecule has 1 rings (SSSR count). The number of hydrogen-bond acceptors (Lipinski definition) is 4. The summed E-state index contributed by atoms with van der Waals surface area (Å²) in [6.45, 7) is 11.2. The number of rotatable bonds is 7. The second-order valence-corrected chi connectivity index (χ2v) is 7.28. The Labute approximate surface area is 150 Å². The average molecular weight is 350 g/mol. The van der Waals surface area contributed by atoms with Gasteiger partial charge in [-0.05, 0) is 45.7 Å². The lowest BCUT2D eigenvalue weighted by Crippen LogP contribution is -2.43. The van der Waals surface area contributed by atoms with Crippen LogP contribution in [0.25, 0.3) is 0 Å². The van der Waals surface area contributed by atoms with Gasteiger partial charge in [-0.1, -0.05) is 24.3 Å². The minimum Gasteiger partial charge on any atom is -0.447 e. The fourth-order valence-electron chi connectivity index (χ4n) is 2.43. The lowest BCUT2D eigenvalue weighted by atomic mass is 9.87. The van der Waals surface area contributed by atoms with E-state index in [1.54, 1.807) is 7.11 Å². The quantitative estimate of drug-likeness (QED) is 0.792. The van der Waals surface area contributed by atoms with Gasteiger partial charge in [-0.3, -0.25) is 4.79 Å². The molecule has 0 aliphatic rings. The summed E-state index contributed by atoms with van der Waals surface area (Å²) >= 11 is 0. The average Bonchev–Trinajstić information content (AvgIpc) is 2.51. The monoisotopic (exact) mass is 350 g/mol. The Morgan fingerprint density at radius 1 is 1.08 bits per heavy atom. The van der Waals surface area contributed by atoms with Crippen molar-refractivity contribution >= 4 is 12.0 Å². The third-order valence-corrected chi connectivity index (χ3v) is 4.06. The van der Waals surface area contributed by atoms with Gasteiger partial charge < -0.3 is 20.1 Å². The molecule has 25 heavy (non-hydrogen) atoms.